The molecule has 3 heteroatoms. The minimum Gasteiger partial charge on any atom is -0.228 e. The highest BCUT2D eigenvalue weighted by Gasteiger charge is 1.98. The molecule has 1 aromatic heterocycles. The fraction of sp³-hybridized carbons (Fsp3) is 0.0833. The first-order valence-electron chi connectivity index (χ1n) is 4.55. The first-order valence-corrected chi connectivity index (χ1v) is 5.78. The van der Waals surface area contributed by atoms with Crippen molar-refractivity contribution in [2.45, 2.75) is 4.90 Å². The Bertz CT molecular complexity index is 436. The zero-order chi connectivity index (χ0) is 10.7. The van der Waals surface area contributed by atoms with Crippen molar-refractivity contribution in [2.24, 2.45) is 0 Å². The molecule has 1 aromatic carbocycles. The van der Waals surface area contributed by atoms with Crippen molar-refractivity contribution in [3.8, 4) is 11.1 Å². The second-order valence-corrected chi connectivity index (χ2v) is 3.98. The van der Waals surface area contributed by atoms with Crippen LogP contribution in [-0.4, -0.2) is 11.2 Å². The van der Waals surface area contributed by atoms with Crippen molar-refractivity contribution in [2.75, 3.05) is 6.26 Å². The smallest absolute Gasteiger partial charge is 0.212 e. The summed E-state index contributed by atoms with van der Waals surface area (Å²) in [5.74, 6) is -0.445. The molecule has 15 heavy (non-hydrogen) atoms. The molecule has 0 radical (unpaired) electrons. The molecule has 0 unspecified atom stereocenters. The van der Waals surface area contributed by atoms with Gasteiger partial charge in [-0.15, -0.1) is 11.8 Å². The molecule has 0 bridgehead atoms. The van der Waals surface area contributed by atoms with Gasteiger partial charge in [0.1, 0.15) is 0 Å². The van der Waals surface area contributed by atoms with Crippen LogP contribution >= 0.6 is 11.8 Å². The summed E-state index contributed by atoms with van der Waals surface area (Å²) in [6, 6.07) is 11.2. The van der Waals surface area contributed by atoms with Gasteiger partial charge in [0, 0.05) is 16.7 Å². The van der Waals surface area contributed by atoms with Crippen molar-refractivity contribution in [3.05, 3.63) is 48.5 Å². The molecule has 0 aliphatic heterocycles. The normalized spacial score (nSPS) is 10.3. The van der Waals surface area contributed by atoms with E-state index in [1.54, 1.807) is 24.0 Å². The molecule has 0 saturated carbocycles. The number of halogens is 1. The van der Waals surface area contributed by atoms with Crippen molar-refractivity contribution >= 4 is 11.8 Å². The number of rotatable bonds is 2. The lowest BCUT2D eigenvalue weighted by Crippen LogP contribution is -1.83. The van der Waals surface area contributed by atoms with E-state index < -0.39 is 5.95 Å². The molecule has 0 aliphatic carbocycles. The van der Waals surface area contributed by atoms with Gasteiger partial charge in [0.05, 0.1) is 0 Å². The van der Waals surface area contributed by atoms with Gasteiger partial charge in [0.2, 0.25) is 5.95 Å². The second kappa shape index (κ2) is 4.45. The zero-order valence-electron chi connectivity index (χ0n) is 8.27. The maximum absolute atomic E-state index is 12.6. The molecular weight excluding hydrogens is 209 g/mol. The Morgan fingerprint density at radius 2 is 1.67 bits per heavy atom. The van der Waals surface area contributed by atoms with Gasteiger partial charge in [-0.05, 0) is 36.1 Å². The standard InChI is InChI=1S/C12H10FNS/c1-15-11-5-2-9(3-6-11)10-4-7-12(13)14-8-10/h2-8H,1H3. The summed E-state index contributed by atoms with van der Waals surface area (Å²) in [7, 11) is 0. The Labute approximate surface area is 92.4 Å². The van der Waals surface area contributed by atoms with Crippen LogP contribution in [0.15, 0.2) is 47.5 Å². The molecule has 76 valence electrons. The minimum atomic E-state index is -0.445. The SMILES string of the molecule is CSc1ccc(-c2ccc(F)nc2)cc1. The van der Waals surface area contributed by atoms with Crippen molar-refractivity contribution < 1.29 is 4.39 Å². The molecule has 0 amide bonds. The third-order valence-corrected chi connectivity index (χ3v) is 2.89. The maximum Gasteiger partial charge on any atom is 0.212 e. The summed E-state index contributed by atoms with van der Waals surface area (Å²) < 4.78 is 12.6. The predicted octanol–water partition coefficient (Wildman–Crippen LogP) is 3.61. The highest BCUT2D eigenvalue weighted by Crippen LogP contribution is 2.22. The number of benzene rings is 1. The van der Waals surface area contributed by atoms with Crippen LogP contribution in [0.2, 0.25) is 0 Å². The fourth-order valence-corrected chi connectivity index (χ4v) is 1.74. The zero-order valence-corrected chi connectivity index (χ0v) is 9.09. The molecular formula is C12H10FNS. The van der Waals surface area contributed by atoms with Crippen molar-refractivity contribution in [1.82, 2.24) is 4.98 Å². The highest BCUT2D eigenvalue weighted by molar-refractivity contribution is 7.98. The first-order chi connectivity index (χ1) is 7.29. The van der Waals surface area contributed by atoms with Crippen LogP contribution in [0.3, 0.4) is 0 Å². The number of pyridine rings is 1. The van der Waals surface area contributed by atoms with E-state index in [-0.39, 0.29) is 0 Å². The summed E-state index contributed by atoms with van der Waals surface area (Å²) in [5, 5.41) is 0. The number of nitrogens with zero attached hydrogens (tertiary/aromatic N) is 1. The second-order valence-electron chi connectivity index (χ2n) is 3.10. The van der Waals surface area contributed by atoms with Crippen LogP contribution in [0.1, 0.15) is 0 Å². The number of thioether (sulfide) groups is 1. The van der Waals surface area contributed by atoms with Gasteiger partial charge < -0.3 is 0 Å². The largest absolute Gasteiger partial charge is 0.228 e. The van der Waals surface area contributed by atoms with E-state index in [1.807, 2.05) is 30.5 Å². The monoisotopic (exact) mass is 219 g/mol. The molecule has 2 aromatic rings. The van der Waals surface area contributed by atoms with Crippen LogP contribution < -0.4 is 0 Å². The molecule has 0 N–H and O–H groups in total. The van der Waals surface area contributed by atoms with Crippen LogP contribution in [0.4, 0.5) is 4.39 Å². The van der Waals surface area contributed by atoms with Crippen LogP contribution in [0, 0.1) is 5.95 Å². The molecule has 1 nitrogen and oxygen atoms in total. The van der Waals surface area contributed by atoms with Crippen molar-refractivity contribution in [1.29, 1.82) is 0 Å². The van der Waals surface area contributed by atoms with Gasteiger partial charge >= 0.3 is 0 Å². The Morgan fingerprint density at radius 3 is 2.20 bits per heavy atom. The Balaban J connectivity index is 2.33. The van der Waals surface area contributed by atoms with Gasteiger partial charge in [0.25, 0.3) is 0 Å². The Kier molecular flexibility index (Phi) is 3.02. The lowest BCUT2D eigenvalue weighted by molar-refractivity contribution is 0.584. The van der Waals surface area contributed by atoms with E-state index >= 15 is 0 Å². The summed E-state index contributed by atoms with van der Waals surface area (Å²) in [4.78, 5) is 4.84. The lowest BCUT2D eigenvalue weighted by atomic mass is 10.1. The molecule has 2 rings (SSSR count). The van der Waals surface area contributed by atoms with Crippen LogP contribution in [-0.2, 0) is 0 Å². The summed E-state index contributed by atoms with van der Waals surface area (Å²) >= 11 is 1.70. The number of hydrogen-bond donors (Lipinski definition) is 0. The van der Waals surface area contributed by atoms with E-state index in [1.165, 1.54) is 11.0 Å². The predicted molar refractivity (Wildman–Crippen MR) is 61.4 cm³/mol. The van der Waals surface area contributed by atoms with Crippen molar-refractivity contribution in [3.63, 3.8) is 0 Å². The average molecular weight is 219 g/mol. The van der Waals surface area contributed by atoms with E-state index in [4.69, 9.17) is 0 Å². The third-order valence-electron chi connectivity index (χ3n) is 2.15. The van der Waals surface area contributed by atoms with E-state index in [2.05, 4.69) is 4.98 Å². The maximum atomic E-state index is 12.6. The van der Waals surface area contributed by atoms with E-state index in [0.717, 1.165) is 11.1 Å². The van der Waals surface area contributed by atoms with Gasteiger partial charge in [-0.1, -0.05) is 12.1 Å². The molecule has 0 aliphatic rings. The third kappa shape index (κ3) is 2.36. The number of hydrogen-bond acceptors (Lipinski definition) is 2. The Hall–Kier alpha value is -1.35. The summed E-state index contributed by atoms with van der Waals surface area (Å²) in [6.45, 7) is 0. The Morgan fingerprint density at radius 1 is 1.00 bits per heavy atom. The van der Waals surface area contributed by atoms with Crippen LogP contribution in [0.25, 0.3) is 11.1 Å². The van der Waals surface area contributed by atoms with Gasteiger partial charge in [-0.2, -0.15) is 4.39 Å². The molecule has 0 atom stereocenters. The van der Waals surface area contributed by atoms with E-state index in [9.17, 15) is 4.39 Å². The topological polar surface area (TPSA) is 12.9 Å². The molecule has 0 spiro atoms. The number of aromatic nitrogens is 1. The van der Waals surface area contributed by atoms with Crippen LogP contribution in [0.5, 0.6) is 0 Å². The molecule has 0 fully saturated rings. The summed E-state index contributed by atoms with van der Waals surface area (Å²) in [5.41, 5.74) is 1.99. The minimum absolute atomic E-state index is 0.445. The highest BCUT2D eigenvalue weighted by atomic mass is 32.2. The quantitative estimate of drug-likeness (QED) is 0.565. The van der Waals surface area contributed by atoms with E-state index in [0.29, 0.717) is 0 Å². The first kappa shape index (κ1) is 10.2. The average Bonchev–Trinajstić information content (AvgIpc) is 2.30. The summed E-state index contributed by atoms with van der Waals surface area (Å²) in [6.07, 6.45) is 3.58. The molecule has 1 heterocycles. The lowest BCUT2D eigenvalue weighted by Gasteiger charge is -2.01. The van der Waals surface area contributed by atoms with Gasteiger partial charge in [0.15, 0.2) is 0 Å². The van der Waals surface area contributed by atoms with Gasteiger partial charge in [-0.3, -0.25) is 0 Å². The fourth-order valence-electron chi connectivity index (χ4n) is 1.33. The van der Waals surface area contributed by atoms with Gasteiger partial charge in [-0.25, -0.2) is 4.98 Å². The molecule has 0 saturated heterocycles.